The van der Waals surface area contributed by atoms with Crippen molar-refractivity contribution in [3.05, 3.63) is 85.5 Å². The lowest BCUT2D eigenvalue weighted by Crippen LogP contribution is -2.67. The lowest BCUT2D eigenvalue weighted by atomic mass is 9.77. The minimum Gasteiger partial charge on any atom is -0.401 e. The lowest BCUT2D eigenvalue weighted by Gasteiger charge is -2.46. The van der Waals surface area contributed by atoms with E-state index in [1.807, 2.05) is 0 Å². The van der Waals surface area contributed by atoms with Gasteiger partial charge in [0.05, 0.1) is 23.9 Å². The fourth-order valence-electron chi connectivity index (χ4n) is 5.82. The average Bonchev–Trinajstić information content (AvgIpc) is 3.19. The average molecular weight is 488 g/mol. The Balaban J connectivity index is 1.73. The fraction of sp³-hybridized carbons (Fsp3) is 0.433. The van der Waals surface area contributed by atoms with Crippen LogP contribution in [-0.2, 0) is 9.16 Å². The van der Waals surface area contributed by atoms with Gasteiger partial charge in [-0.05, 0) is 34.7 Å². The number of benzene rings is 2. The van der Waals surface area contributed by atoms with E-state index in [1.54, 1.807) is 13.0 Å². The summed E-state index contributed by atoms with van der Waals surface area (Å²) in [6.07, 6.45) is 6.13. The van der Waals surface area contributed by atoms with E-state index < -0.39 is 20.0 Å². The van der Waals surface area contributed by atoms with Crippen LogP contribution in [0.3, 0.4) is 0 Å². The number of ether oxygens (including phenoxy) is 1. The summed E-state index contributed by atoms with van der Waals surface area (Å²) in [6.45, 7) is 12.4. The molecule has 1 aliphatic carbocycles. The largest absolute Gasteiger partial charge is 0.401 e. The van der Waals surface area contributed by atoms with Crippen molar-refractivity contribution in [1.29, 1.82) is 5.26 Å². The first kappa shape index (κ1) is 25.6. The quantitative estimate of drug-likeness (QED) is 0.453. The Labute approximate surface area is 211 Å². The first-order valence-electron chi connectivity index (χ1n) is 12.5. The Bertz CT molecular complexity index is 1040. The van der Waals surface area contributed by atoms with Crippen molar-refractivity contribution in [3.8, 4) is 6.07 Å². The summed E-state index contributed by atoms with van der Waals surface area (Å²) in [5, 5.41) is 22.8. The second kappa shape index (κ2) is 9.87. The number of hydrogen-bond acceptors (Lipinski definition) is 4. The van der Waals surface area contributed by atoms with Gasteiger partial charge in [0.15, 0.2) is 6.10 Å². The number of nitriles is 1. The molecule has 2 aliphatic rings. The Morgan fingerprint density at radius 2 is 1.63 bits per heavy atom. The second-order valence-electron chi connectivity index (χ2n) is 11.2. The molecule has 35 heavy (non-hydrogen) atoms. The molecule has 1 saturated heterocycles. The van der Waals surface area contributed by atoms with Gasteiger partial charge in [-0.2, -0.15) is 5.26 Å². The number of rotatable bonds is 7. The second-order valence-corrected chi connectivity index (χ2v) is 15.4. The Hall–Kier alpha value is -2.49. The van der Waals surface area contributed by atoms with E-state index in [2.05, 4.69) is 106 Å². The van der Waals surface area contributed by atoms with Gasteiger partial charge < -0.3 is 14.3 Å². The molecule has 6 atom stereocenters. The molecule has 4 rings (SSSR count). The summed E-state index contributed by atoms with van der Waals surface area (Å²) in [7, 11) is -2.70. The molecule has 0 saturated carbocycles. The van der Waals surface area contributed by atoms with Crippen LogP contribution in [0.15, 0.2) is 85.5 Å². The van der Waals surface area contributed by atoms with Crippen molar-refractivity contribution < 1.29 is 14.3 Å². The fourth-order valence-corrected chi connectivity index (χ4v) is 10.5. The highest BCUT2D eigenvalue weighted by atomic mass is 28.4. The van der Waals surface area contributed by atoms with Crippen LogP contribution in [-0.4, -0.2) is 37.3 Å². The van der Waals surface area contributed by atoms with E-state index in [-0.39, 0.29) is 29.1 Å². The van der Waals surface area contributed by atoms with Crippen LogP contribution in [0.4, 0.5) is 0 Å². The van der Waals surface area contributed by atoms with Gasteiger partial charge in [0.2, 0.25) is 0 Å². The first-order chi connectivity index (χ1) is 16.6. The molecule has 184 valence electrons. The van der Waals surface area contributed by atoms with Crippen molar-refractivity contribution >= 4 is 18.7 Å². The summed E-state index contributed by atoms with van der Waals surface area (Å²) in [5.41, 5.74) is -1.05. The third kappa shape index (κ3) is 4.94. The van der Waals surface area contributed by atoms with Crippen LogP contribution in [0.5, 0.6) is 0 Å². The Kier molecular flexibility index (Phi) is 7.22. The molecule has 1 N–H and O–H groups in total. The lowest BCUT2D eigenvalue weighted by molar-refractivity contribution is -0.00779. The molecular formula is C30H37NO3Si. The zero-order chi connectivity index (χ0) is 25.3. The molecule has 2 aromatic rings. The maximum atomic E-state index is 10.7. The standard InChI is InChI=1S/C30H37NO3Si/c1-6-30(5,32)20-27-26-19-22(17-18-25(26)28(21-31)33-27)34-35(29(2,3)4,23-13-9-7-10-14-23)24-15-11-8-12-16-24/h6-18,22,25-28,32H,1,19-20H2,2-5H3/t22-,25+,26-,27+,28-,30?/m0/s1. The number of fused-ring (bicyclic) bond motifs is 1. The zero-order valence-electron chi connectivity index (χ0n) is 21.2. The first-order valence-corrected chi connectivity index (χ1v) is 14.4. The number of hydrogen-bond donors (Lipinski definition) is 1. The van der Waals surface area contributed by atoms with Crippen LogP contribution >= 0.6 is 0 Å². The SMILES string of the molecule is C=CC(C)(O)C[C@H]1O[C@@H](C#N)[C@@H]2C=C[C@H](O[Si](c3ccccc3)(c3ccccc3)C(C)(C)C)C[C@@H]21. The maximum Gasteiger partial charge on any atom is 0.261 e. The van der Waals surface area contributed by atoms with Crippen molar-refractivity contribution in [2.75, 3.05) is 0 Å². The Morgan fingerprint density at radius 1 is 1.06 bits per heavy atom. The third-order valence-corrected chi connectivity index (χ3v) is 12.7. The minimum absolute atomic E-state index is 0.00428. The van der Waals surface area contributed by atoms with Gasteiger partial charge in [-0.15, -0.1) is 6.58 Å². The molecule has 0 bridgehead atoms. The van der Waals surface area contributed by atoms with Crippen molar-refractivity contribution in [3.63, 3.8) is 0 Å². The highest BCUT2D eigenvalue weighted by Gasteiger charge is 2.53. The van der Waals surface area contributed by atoms with Crippen LogP contribution in [0.2, 0.25) is 5.04 Å². The highest BCUT2D eigenvalue weighted by Crippen LogP contribution is 2.45. The van der Waals surface area contributed by atoms with E-state index in [1.165, 1.54) is 10.4 Å². The predicted octanol–water partition coefficient (Wildman–Crippen LogP) is 4.74. The normalized spacial score (nSPS) is 28.1. The van der Waals surface area contributed by atoms with E-state index in [9.17, 15) is 10.4 Å². The summed E-state index contributed by atoms with van der Waals surface area (Å²) in [6, 6.07) is 23.6. The van der Waals surface area contributed by atoms with Gasteiger partial charge in [0, 0.05) is 12.3 Å². The van der Waals surface area contributed by atoms with Crippen molar-refractivity contribution in [1.82, 2.24) is 0 Å². The van der Waals surface area contributed by atoms with E-state index in [0.717, 1.165) is 6.42 Å². The molecule has 1 heterocycles. The summed E-state index contributed by atoms with van der Waals surface area (Å²) < 4.78 is 13.5. The molecule has 0 spiro atoms. The molecule has 0 radical (unpaired) electrons. The van der Waals surface area contributed by atoms with E-state index >= 15 is 0 Å². The van der Waals surface area contributed by atoms with Gasteiger partial charge in [-0.1, -0.05) is 99.7 Å². The summed E-state index contributed by atoms with van der Waals surface area (Å²) in [5.74, 6) is 0.101. The molecule has 2 aromatic carbocycles. The molecule has 1 aliphatic heterocycles. The monoisotopic (exact) mass is 487 g/mol. The summed E-state index contributed by atoms with van der Waals surface area (Å²) >= 11 is 0. The molecule has 1 unspecified atom stereocenters. The van der Waals surface area contributed by atoms with Gasteiger partial charge in [-0.25, -0.2) is 0 Å². The molecular weight excluding hydrogens is 450 g/mol. The third-order valence-electron chi connectivity index (χ3n) is 7.62. The smallest absolute Gasteiger partial charge is 0.261 e. The highest BCUT2D eigenvalue weighted by molar-refractivity contribution is 6.99. The van der Waals surface area contributed by atoms with Crippen LogP contribution in [0.1, 0.15) is 40.5 Å². The van der Waals surface area contributed by atoms with Crippen molar-refractivity contribution in [2.45, 2.75) is 69.5 Å². The van der Waals surface area contributed by atoms with Gasteiger partial charge in [0.1, 0.15) is 0 Å². The predicted molar refractivity (Wildman–Crippen MR) is 143 cm³/mol. The maximum absolute atomic E-state index is 10.7. The van der Waals surface area contributed by atoms with E-state index in [4.69, 9.17) is 9.16 Å². The number of aliphatic hydroxyl groups is 1. The van der Waals surface area contributed by atoms with Gasteiger partial charge in [-0.3, -0.25) is 0 Å². The van der Waals surface area contributed by atoms with Gasteiger partial charge in [0.25, 0.3) is 8.32 Å². The van der Waals surface area contributed by atoms with Crippen molar-refractivity contribution in [2.24, 2.45) is 11.8 Å². The van der Waals surface area contributed by atoms with Crippen LogP contribution < -0.4 is 10.4 Å². The topological polar surface area (TPSA) is 62.5 Å². The molecule has 4 nitrogen and oxygen atoms in total. The molecule has 5 heteroatoms. The zero-order valence-corrected chi connectivity index (χ0v) is 22.2. The Morgan fingerprint density at radius 3 is 2.11 bits per heavy atom. The molecule has 0 amide bonds. The van der Waals surface area contributed by atoms with Crippen LogP contribution in [0, 0.1) is 23.2 Å². The molecule has 1 fully saturated rings. The van der Waals surface area contributed by atoms with Gasteiger partial charge >= 0.3 is 0 Å². The summed E-state index contributed by atoms with van der Waals surface area (Å²) in [4.78, 5) is 0. The minimum atomic E-state index is -2.70. The van der Waals surface area contributed by atoms with E-state index in [0.29, 0.717) is 6.42 Å². The molecule has 0 aromatic heterocycles. The number of nitrogens with zero attached hydrogens (tertiary/aromatic N) is 1. The van der Waals surface area contributed by atoms with Crippen LogP contribution in [0.25, 0.3) is 0 Å².